The van der Waals surface area contributed by atoms with Gasteiger partial charge in [-0.05, 0) is 35.4 Å². The van der Waals surface area contributed by atoms with Crippen molar-refractivity contribution in [3.8, 4) is 5.75 Å². The van der Waals surface area contributed by atoms with Gasteiger partial charge in [0.1, 0.15) is 6.54 Å². The number of amides is 2. The Morgan fingerprint density at radius 1 is 1.42 bits per heavy atom. The minimum Gasteiger partial charge on any atom is -0.502 e. The summed E-state index contributed by atoms with van der Waals surface area (Å²) in [5, 5.41) is 19.7. The van der Waals surface area contributed by atoms with E-state index in [-0.39, 0.29) is 23.0 Å². The normalized spacial score (nSPS) is 15.8. The fourth-order valence-electron chi connectivity index (χ4n) is 2.00. The molecule has 10 heteroatoms. The molecule has 1 aromatic rings. The van der Waals surface area contributed by atoms with Crippen molar-refractivity contribution in [3.63, 3.8) is 0 Å². The Bertz CT molecular complexity index is 804. The maximum absolute atomic E-state index is 12.3. The molecule has 0 spiro atoms. The molecule has 1 aliphatic rings. The first-order valence-corrected chi connectivity index (χ1v) is 8.39. The number of nitro benzene ring substituents is 1. The van der Waals surface area contributed by atoms with E-state index in [1.165, 1.54) is 12.1 Å². The van der Waals surface area contributed by atoms with Gasteiger partial charge in [-0.1, -0.05) is 19.9 Å². The van der Waals surface area contributed by atoms with Crippen molar-refractivity contribution in [2.24, 2.45) is 5.92 Å². The summed E-state index contributed by atoms with van der Waals surface area (Å²) in [4.78, 5) is 46.8. The van der Waals surface area contributed by atoms with Crippen LogP contribution in [0.1, 0.15) is 19.4 Å². The summed E-state index contributed by atoms with van der Waals surface area (Å²) in [5.74, 6) is -1.76. The van der Waals surface area contributed by atoms with E-state index in [0.29, 0.717) is 11.8 Å². The molecule has 0 aromatic heterocycles. The molecule has 0 atom stereocenters. The monoisotopic (exact) mass is 380 g/mol. The summed E-state index contributed by atoms with van der Waals surface area (Å²) in [6.45, 7) is 3.40. The Morgan fingerprint density at radius 3 is 2.73 bits per heavy atom. The van der Waals surface area contributed by atoms with E-state index in [1.807, 2.05) is 13.8 Å². The highest BCUT2D eigenvalue weighted by molar-refractivity contribution is 8.18. The summed E-state index contributed by atoms with van der Waals surface area (Å²) in [6.07, 6.45) is 1.29. The standard InChI is InChI=1S/C16H16N2O7S/c1-9(2)8-25-14(20)7-17-15(21)13(26-16(17)22)6-10-3-4-12(19)11(5-10)18(23)24/h3-6,9,19H,7-8H2,1-2H3/b13-6+. The molecule has 0 unspecified atom stereocenters. The minimum atomic E-state index is -0.761. The van der Waals surface area contributed by atoms with Crippen LogP contribution in [0, 0.1) is 16.0 Å². The molecule has 1 fully saturated rings. The van der Waals surface area contributed by atoms with E-state index in [0.717, 1.165) is 17.0 Å². The van der Waals surface area contributed by atoms with E-state index in [9.17, 15) is 29.6 Å². The van der Waals surface area contributed by atoms with Crippen LogP contribution in [0.15, 0.2) is 23.1 Å². The molecule has 0 bridgehead atoms. The number of nitrogens with zero attached hydrogens (tertiary/aromatic N) is 2. The zero-order valence-electron chi connectivity index (χ0n) is 14.0. The maximum Gasteiger partial charge on any atom is 0.326 e. The minimum absolute atomic E-state index is 0.0200. The van der Waals surface area contributed by atoms with Crippen LogP contribution in [0.5, 0.6) is 5.75 Å². The number of thioether (sulfide) groups is 1. The molecule has 1 heterocycles. The van der Waals surface area contributed by atoms with Gasteiger partial charge in [-0.25, -0.2) is 0 Å². The van der Waals surface area contributed by atoms with Gasteiger partial charge < -0.3 is 9.84 Å². The quantitative estimate of drug-likeness (QED) is 0.345. The molecule has 1 N–H and O–H groups in total. The van der Waals surface area contributed by atoms with E-state index < -0.39 is 40.0 Å². The predicted molar refractivity (Wildman–Crippen MR) is 93.2 cm³/mol. The summed E-state index contributed by atoms with van der Waals surface area (Å²) in [7, 11) is 0. The number of phenols is 1. The van der Waals surface area contributed by atoms with Gasteiger partial charge >= 0.3 is 11.7 Å². The number of rotatable bonds is 6. The third-order valence-electron chi connectivity index (χ3n) is 3.23. The molecule has 1 aromatic carbocycles. The zero-order valence-corrected chi connectivity index (χ0v) is 14.8. The molecule has 0 radical (unpaired) electrons. The van der Waals surface area contributed by atoms with Crippen LogP contribution in [0.2, 0.25) is 0 Å². The van der Waals surface area contributed by atoms with Gasteiger partial charge in [0.2, 0.25) is 0 Å². The number of ether oxygens (including phenoxy) is 1. The van der Waals surface area contributed by atoms with Crippen molar-refractivity contribution in [1.29, 1.82) is 0 Å². The second-order valence-electron chi connectivity index (χ2n) is 5.85. The Hall–Kier alpha value is -2.88. The lowest BCUT2D eigenvalue weighted by Crippen LogP contribution is -2.34. The van der Waals surface area contributed by atoms with Crippen molar-refractivity contribution in [3.05, 3.63) is 38.8 Å². The van der Waals surface area contributed by atoms with E-state index in [1.54, 1.807) is 0 Å². The number of carbonyl (C=O) groups is 3. The van der Waals surface area contributed by atoms with Crippen LogP contribution < -0.4 is 0 Å². The number of benzene rings is 1. The van der Waals surface area contributed by atoms with Crippen LogP contribution in [0.25, 0.3) is 6.08 Å². The van der Waals surface area contributed by atoms with Crippen molar-refractivity contribution < 1.29 is 29.2 Å². The molecular weight excluding hydrogens is 364 g/mol. The number of hydrogen-bond donors (Lipinski definition) is 1. The summed E-state index contributed by atoms with van der Waals surface area (Å²) >= 11 is 0.620. The second-order valence-corrected chi connectivity index (χ2v) is 6.84. The van der Waals surface area contributed by atoms with Gasteiger partial charge in [0.25, 0.3) is 11.1 Å². The summed E-state index contributed by atoms with van der Waals surface area (Å²) < 4.78 is 4.95. The fourth-order valence-corrected chi connectivity index (χ4v) is 2.84. The van der Waals surface area contributed by atoms with Gasteiger partial charge in [0.15, 0.2) is 5.75 Å². The SMILES string of the molecule is CC(C)COC(=O)CN1C(=O)S/C(=C/c2ccc(O)c([N+](=O)[O-])c2)C1=O. The van der Waals surface area contributed by atoms with Crippen LogP contribution in [0.4, 0.5) is 10.5 Å². The smallest absolute Gasteiger partial charge is 0.326 e. The van der Waals surface area contributed by atoms with Gasteiger partial charge in [-0.15, -0.1) is 0 Å². The van der Waals surface area contributed by atoms with E-state index in [2.05, 4.69) is 0 Å². The lowest BCUT2D eigenvalue weighted by Gasteiger charge is -2.12. The van der Waals surface area contributed by atoms with Crippen LogP contribution >= 0.6 is 11.8 Å². The Morgan fingerprint density at radius 2 is 2.12 bits per heavy atom. The fraction of sp³-hybridized carbons (Fsp3) is 0.312. The van der Waals surface area contributed by atoms with Gasteiger partial charge in [0, 0.05) is 6.07 Å². The first kappa shape index (κ1) is 19.4. The third-order valence-corrected chi connectivity index (χ3v) is 4.14. The molecule has 0 aliphatic carbocycles. The Kier molecular flexibility index (Phi) is 5.98. The first-order chi connectivity index (χ1) is 12.2. The second kappa shape index (κ2) is 8.00. The lowest BCUT2D eigenvalue weighted by atomic mass is 10.1. The third kappa shape index (κ3) is 4.60. The van der Waals surface area contributed by atoms with E-state index >= 15 is 0 Å². The highest BCUT2D eigenvalue weighted by Crippen LogP contribution is 2.34. The molecule has 1 saturated heterocycles. The van der Waals surface area contributed by atoms with Crippen LogP contribution in [-0.2, 0) is 14.3 Å². The average Bonchev–Trinajstić information content (AvgIpc) is 2.82. The van der Waals surface area contributed by atoms with Crippen molar-refractivity contribution in [2.45, 2.75) is 13.8 Å². The molecule has 26 heavy (non-hydrogen) atoms. The number of imide groups is 1. The van der Waals surface area contributed by atoms with Gasteiger partial charge in [-0.3, -0.25) is 29.4 Å². The number of phenolic OH excluding ortho intramolecular Hbond substituents is 1. The van der Waals surface area contributed by atoms with Gasteiger partial charge in [0.05, 0.1) is 16.4 Å². The highest BCUT2D eigenvalue weighted by Gasteiger charge is 2.36. The van der Waals surface area contributed by atoms with Crippen LogP contribution in [-0.4, -0.2) is 45.2 Å². The predicted octanol–water partition coefficient (Wildman–Crippen LogP) is 2.54. The number of aromatic hydroxyl groups is 1. The topological polar surface area (TPSA) is 127 Å². The molecule has 138 valence electrons. The molecular formula is C16H16N2O7S. The van der Waals surface area contributed by atoms with Crippen molar-refractivity contribution >= 4 is 40.6 Å². The van der Waals surface area contributed by atoms with E-state index in [4.69, 9.17) is 4.74 Å². The number of hydrogen-bond acceptors (Lipinski definition) is 8. The Labute approximate surface area is 152 Å². The van der Waals surface area contributed by atoms with Crippen molar-refractivity contribution in [2.75, 3.05) is 13.2 Å². The summed E-state index contributed by atoms with van der Waals surface area (Å²) in [5.41, 5.74) is -0.252. The number of esters is 1. The largest absolute Gasteiger partial charge is 0.502 e. The Balaban J connectivity index is 2.15. The average molecular weight is 380 g/mol. The first-order valence-electron chi connectivity index (χ1n) is 7.57. The number of nitro groups is 1. The highest BCUT2D eigenvalue weighted by atomic mass is 32.2. The zero-order chi connectivity index (χ0) is 19.4. The van der Waals surface area contributed by atoms with Crippen LogP contribution in [0.3, 0.4) is 0 Å². The number of carbonyl (C=O) groups excluding carboxylic acids is 3. The molecule has 2 amide bonds. The molecule has 2 rings (SSSR count). The summed E-state index contributed by atoms with van der Waals surface area (Å²) in [6, 6.07) is 3.57. The van der Waals surface area contributed by atoms with Crippen molar-refractivity contribution in [1.82, 2.24) is 4.90 Å². The maximum atomic E-state index is 12.3. The molecule has 1 aliphatic heterocycles. The molecule has 0 saturated carbocycles. The lowest BCUT2D eigenvalue weighted by molar-refractivity contribution is -0.385. The van der Waals surface area contributed by atoms with Gasteiger partial charge in [-0.2, -0.15) is 0 Å². The molecule has 9 nitrogen and oxygen atoms in total.